The lowest BCUT2D eigenvalue weighted by molar-refractivity contribution is 0.0691. The lowest BCUT2D eigenvalue weighted by Crippen LogP contribution is -2.04. The van der Waals surface area contributed by atoms with Crippen LogP contribution in [0.25, 0.3) is 10.9 Å². The second-order valence-corrected chi connectivity index (χ2v) is 4.59. The third-order valence-corrected chi connectivity index (χ3v) is 3.15. The number of carboxylic acid groups (broad SMARTS) is 1. The van der Waals surface area contributed by atoms with Gasteiger partial charge in [-0.05, 0) is 24.3 Å². The third-order valence-electron chi connectivity index (χ3n) is 3.15. The summed E-state index contributed by atoms with van der Waals surface area (Å²) in [5.74, 6) is -0.656. The first-order valence-corrected chi connectivity index (χ1v) is 6.54. The summed E-state index contributed by atoms with van der Waals surface area (Å²) in [5, 5.41) is 10.2. The van der Waals surface area contributed by atoms with Crippen molar-refractivity contribution in [3.05, 3.63) is 71.9 Å². The molecule has 1 aromatic heterocycles. The Morgan fingerprint density at radius 2 is 1.76 bits per heavy atom. The average Bonchev–Trinajstić information content (AvgIpc) is 2.53. The van der Waals surface area contributed by atoms with Gasteiger partial charge in [0.2, 0.25) is 0 Å². The van der Waals surface area contributed by atoms with E-state index >= 15 is 0 Å². The van der Waals surface area contributed by atoms with Gasteiger partial charge < -0.3 is 9.84 Å². The molecule has 21 heavy (non-hydrogen) atoms. The summed E-state index contributed by atoms with van der Waals surface area (Å²) in [5.41, 5.74) is 1.80. The van der Waals surface area contributed by atoms with E-state index in [0.29, 0.717) is 5.75 Å². The molecule has 3 rings (SSSR count). The van der Waals surface area contributed by atoms with Crippen molar-refractivity contribution >= 4 is 16.9 Å². The molecular formula is C17H13NO3. The highest BCUT2D eigenvalue weighted by Gasteiger charge is 2.10. The van der Waals surface area contributed by atoms with E-state index < -0.39 is 5.97 Å². The summed E-state index contributed by atoms with van der Waals surface area (Å²) in [6.07, 6.45) is 0. The predicted octanol–water partition coefficient (Wildman–Crippen LogP) is 3.51. The zero-order valence-electron chi connectivity index (χ0n) is 11.2. The van der Waals surface area contributed by atoms with E-state index in [1.807, 2.05) is 36.4 Å². The number of aromatic nitrogens is 1. The monoisotopic (exact) mass is 279 g/mol. The number of carboxylic acids is 1. The van der Waals surface area contributed by atoms with Crippen LogP contribution < -0.4 is 4.74 Å². The molecule has 0 aliphatic rings. The van der Waals surface area contributed by atoms with Crippen LogP contribution in [0.1, 0.15) is 16.1 Å². The van der Waals surface area contributed by atoms with Crippen LogP contribution in [0.3, 0.4) is 0 Å². The molecular weight excluding hydrogens is 266 g/mol. The first-order valence-electron chi connectivity index (χ1n) is 6.54. The van der Waals surface area contributed by atoms with E-state index in [-0.39, 0.29) is 12.2 Å². The SMILES string of the molecule is O=C(O)c1ccccc1OCc1ccc2ccccc2n1. The zero-order valence-corrected chi connectivity index (χ0v) is 11.2. The van der Waals surface area contributed by atoms with Gasteiger partial charge in [0.1, 0.15) is 17.9 Å². The van der Waals surface area contributed by atoms with Crippen molar-refractivity contribution in [2.45, 2.75) is 6.61 Å². The van der Waals surface area contributed by atoms with Crippen LogP contribution >= 0.6 is 0 Å². The van der Waals surface area contributed by atoms with Crippen molar-refractivity contribution in [3.8, 4) is 5.75 Å². The largest absolute Gasteiger partial charge is 0.486 e. The van der Waals surface area contributed by atoms with Gasteiger partial charge in [0.15, 0.2) is 0 Å². The van der Waals surface area contributed by atoms with Gasteiger partial charge in [0.05, 0.1) is 11.2 Å². The maximum Gasteiger partial charge on any atom is 0.339 e. The van der Waals surface area contributed by atoms with E-state index in [1.54, 1.807) is 18.2 Å². The fraction of sp³-hybridized carbons (Fsp3) is 0.0588. The predicted molar refractivity (Wildman–Crippen MR) is 79.5 cm³/mol. The van der Waals surface area contributed by atoms with Crippen LogP contribution in [0, 0.1) is 0 Å². The summed E-state index contributed by atoms with van der Waals surface area (Å²) in [6, 6.07) is 18.3. The number of fused-ring (bicyclic) bond motifs is 1. The molecule has 0 bridgehead atoms. The number of aromatic carboxylic acids is 1. The molecule has 1 heterocycles. The highest BCUT2D eigenvalue weighted by atomic mass is 16.5. The molecule has 0 saturated carbocycles. The number of para-hydroxylation sites is 2. The highest BCUT2D eigenvalue weighted by molar-refractivity contribution is 5.90. The molecule has 2 aromatic carbocycles. The fourth-order valence-corrected chi connectivity index (χ4v) is 2.11. The summed E-state index contributed by atoms with van der Waals surface area (Å²) < 4.78 is 5.59. The molecule has 0 unspecified atom stereocenters. The van der Waals surface area contributed by atoms with E-state index in [4.69, 9.17) is 9.84 Å². The standard InChI is InChI=1S/C17H13NO3/c19-17(20)14-6-2-4-8-16(14)21-11-13-10-9-12-5-1-3-7-15(12)18-13/h1-10H,11H2,(H,19,20). The van der Waals surface area contributed by atoms with Gasteiger partial charge in [-0.2, -0.15) is 0 Å². The molecule has 0 aliphatic carbocycles. The van der Waals surface area contributed by atoms with Gasteiger partial charge in [-0.3, -0.25) is 0 Å². The normalized spacial score (nSPS) is 10.5. The second-order valence-electron chi connectivity index (χ2n) is 4.59. The Morgan fingerprint density at radius 1 is 1.00 bits per heavy atom. The van der Waals surface area contributed by atoms with E-state index in [1.165, 1.54) is 6.07 Å². The topological polar surface area (TPSA) is 59.4 Å². The van der Waals surface area contributed by atoms with Gasteiger partial charge in [-0.1, -0.05) is 36.4 Å². The number of nitrogens with zero attached hydrogens (tertiary/aromatic N) is 1. The Kier molecular flexibility index (Phi) is 3.51. The second kappa shape index (κ2) is 5.63. The number of ether oxygens (including phenoxy) is 1. The third kappa shape index (κ3) is 2.84. The van der Waals surface area contributed by atoms with Gasteiger partial charge in [0.25, 0.3) is 0 Å². The quantitative estimate of drug-likeness (QED) is 0.794. The Hall–Kier alpha value is -2.88. The number of benzene rings is 2. The molecule has 1 N–H and O–H groups in total. The fourth-order valence-electron chi connectivity index (χ4n) is 2.11. The molecule has 0 fully saturated rings. The molecule has 104 valence electrons. The molecule has 0 saturated heterocycles. The Labute approximate surface area is 121 Å². The maximum atomic E-state index is 11.1. The maximum absolute atomic E-state index is 11.1. The molecule has 3 aromatic rings. The number of rotatable bonds is 4. The van der Waals surface area contributed by atoms with Crippen molar-refractivity contribution in [1.82, 2.24) is 4.98 Å². The van der Waals surface area contributed by atoms with Gasteiger partial charge >= 0.3 is 5.97 Å². The molecule has 0 amide bonds. The minimum absolute atomic E-state index is 0.151. The molecule has 0 radical (unpaired) electrons. The smallest absolute Gasteiger partial charge is 0.339 e. The summed E-state index contributed by atoms with van der Waals surface area (Å²) in [7, 11) is 0. The van der Waals surface area contributed by atoms with Crippen molar-refractivity contribution in [2.24, 2.45) is 0 Å². The Balaban J connectivity index is 1.82. The van der Waals surface area contributed by atoms with E-state index in [0.717, 1.165) is 16.6 Å². The molecule has 0 aliphatic heterocycles. The zero-order chi connectivity index (χ0) is 14.7. The number of hydrogen-bond donors (Lipinski definition) is 1. The Morgan fingerprint density at radius 3 is 2.62 bits per heavy atom. The minimum Gasteiger partial charge on any atom is -0.486 e. The number of carbonyl (C=O) groups is 1. The minimum atomic E-state index is -1.00. The molecule has 4 nitrogen and oxygen atoms in total. The van der Waals surface area contributed by atoms with E-state index in [9.17, 15) is 4.79 Å². The van der Waals surface area contributed by atoms with Crippen LogP contribution in [0.2, 0.25) is 0 Å². The van der Waals surface area contributed by atoms with Crippen molar-refractivity contribution in [3.63, 3.8) is 0 Å². The van der Waals surface area contributed by atoms with E-state index in [2.05, 4.69) is 4.98 Å². The Bertz CT molecular complexity index is 799. The van der Waals surface area contributed by atoms with Crippen LogP contribution in [-0.4, -0.2) is 16.1 Å². The first kappa shape index (κ1) is 13.1. The van der Waals surface area contributed by atoms with Gasteiger partial charge in [-0.25, -0.2) is 9.78 Å². The number of hydrogen-bond acceptors (Lipinski definition) is 3. The van der Waals surface area contributed by atoms with Crippen molar-refractivity contribution < 1.29 is 14.6 Å². The highest BCUT2D eigenvalue weighted by Crippen LogP contribution is 2.19. The summed E-state index contributed by atoms with van der Waals surface area (Å²) >= 11 is 0. The van der Waals surface area contributed by atoms with Gasteiger partial charge in [-0.15, -0.1) is 0 Å². The molecule has 0 spiro atoms. The van der Waals surface area contributed by atoms with Crippen LogP contribution in [0.5, 0.6) is 5.75 Å². The first-order chi connectivity index (χ1) is 10.2. The van der Waals surface area contributed by atoms with Gasteiger partial charge in [0, 0.05) is 5.39 Å². The average molecular weight is 279 g/mol. The van der Waals surface area contributed by atoms with Crippen molar-refractivity contribution in [1.29, 1.82) is 0 Å². The lowest BCUT2D eigenvalue weighted by atomic mass is 10.2. The molecule has 0 atom stereocenters. The summed E-state index contributed by atoms with van der Waals surface area (Å²) in [6.45, 7) is 0.231. The molecule has 4 heteroatoms. The van der Waals surface area contributed by atoms with Crippen LogP contribution in [-0.2, 0) is 6.61 Å². The summed E-state index contributed by atoms with van der Waals surface area (Å²) in [4.78, 5) is 15.6. The number of pyridine rings is 1. The van der Waals surface area contributed by atoms with Crippen LogP contribution in [0.4, 0.5) is 0 Å². The van der Waals surface area contributed by atoms with Crippen molar-refractivity contribution in [2.75, 3.05) is 0 Å². The lowest BCUT2D eigenvalue weighted by Gasteiger charge is -2.09. The van der Waals surface area contributed by atoms with Crippen LogP contribution in [0.15, 0.2) is 60.7 Å².